The Bertz CT molecular complexity index is 2810. The van der Waals surface area contributed by atoms with Crippen LogP contribution in [-0.2, 0) is 41.4 Å². The normalized spacial score (nSPS) is 21.7. The van der Waals surface area contributed by atoms with Crippen LogP contribution in [0.1, 0.15) is 126 Å². The smallest absolute Gasteiger partial charge is 0.132 e. The Morgan fingerprint density at radius 3 is 1.86 bits per heavy atom. The summed E-state index contributed by atoms with van der Waals surface area (Å²) in [5.74, 6) is 0.677. The summed E-state index contributed by atoms with van der Waals surface area (Å²) in [5, 5.41) is 25.2. The summed E-state index contributed by atoms with van der Waals surface area (Å²) in [7, 11) is 0. The third-order valence-corrected chi connectivity index (χ3v) is 18.7. The predicted molar refractivity (Wildman–Crippen MR) is 264 cm³/mol. The van der Waals surface area contributed by atoms with E-state index in [4.69, 9.17) is 4.98 Å². The summed E-state index contributed by atoms with van der Waals surface area (Å²) in [6, 6.07) is 33.8. The minimum absolute atomic E-state index is 0. The van der Waals surface area contributed by atoms with Gasteiger partial charge in [0.05, 0.1) is 16.1 Å². The fourth-order valence-corrected chi connectivity index (χ4v) is 15.1. The number of aryl methyl sites for hydroxylation is 2. The SMILES string of the molecule is Cc1cc(-c2ccccc2-c2cccc(C3(c4cc(C)cc(-c5ccccc5)c4O)SC4=C(C3C)C(C)(C)CCC4(C)C)n2)c(O)c(-c2sc3c(c2C)C(C)(C)CCC3(C)C)c1.[Hf]. The fourth-order valence-electron chi connectivity index (χ4n) is 11.4. The molecule has 0 spiro atoms. The van der Waals surface area contributed by atoms with E-state index < -0.39 is 4.75 Å². The molecule has 2 unspecified atom stereocenters. The molecule has 324 valence electrons. The van der Waals surface area contributed by atoms with E-state index >= 15 is 0 Å². The van der Waals surface area contributed by atoms with Crippen molar-refractivity contribution in [3.8, 4) is 55.5 Å². The van der Waals surface area contributed by atoms with Crippen LogP contribution in [0.3, 0.4) is 0 Å². The number of benzene rings is 4. The number of aromatic hydroxyl groups is 2. The van der Waals surface area contributed by atoms with E-state index in [1.807, 2.05) is 41.3 Å². The van der Waals surface area contributed by atoms with E-state index in [0.29, 0.717) is 11.5 Å². The van der Waals surface area contributed by atoms with E-state index in [0.717, 1.165) is 87.1 Å². The molecule has 0 radical (unpaired) electrons. The number of phenols is 2. The van der Waals surface area contributed by atoms with Crippen LogP contribution < -0.4 is 0 Å². The van der Waals surface area contributed by atoms with Gasteiger partial charge < -0.3 is 10.2 Å². The van der Waals surface area contributed by atoms with Gasteiger partial charge in [-0.1, -0.05) is 129 Å². The Morgan fingerprint density at radius 1 is 0.587 bits per heavy atom. The maximum Gasteiger partial charge on any atom is 0.132 e. The molecule has 3 heterocycles. The molecule has 2 N–H and O–H groups in total. The van der Waals surface area contributed by atoms with Crippen LogP contribution in [0.5, 0.6) is 11.5 Å². The molecule has 1 aliphatic heterocycles. The topological polar surface area (TPSA) is 53.4 Å². The van der Waals surface area contributed by atoms with Crippen molar-refractivity contribution in [1.82, 2.24) is 4.98 Å². The van der Waals surface area contributed by atoms with Crippen molar-refractivity contribution in [2.24, 2.45) is 16.7 Å². The molecule has 0 saturated heterocycles. The molecule has 6 aromatic rings. The fraction of sp³-hybridized carbons (Fsp3) is 0.386. The average molecular weight is 1040 g/mol. The monoisotopic (exact) mass is 1040 g/mol. The minimum atomic E-state index is -0.704. The first kappa shape index (κ1) is 45.8. The van der Waals surface area contributed by atoms with E-state index in [1.165, 1.54) is 31.4 Å². The Labute approximate surface area is 403 Å². The molecule has 0 bridgehead atoms. The van der Waals surface area contributed by atoms with Crippen molar-refractivity contribution in [2.75, 3.05) is 0 Å². The first-order valence-corrected chi connectivity index (χ1v) is 24.2. The second-order valence-electron chi connectivity index (χ2n) is 21.3. The number of aromatic nitrogens is 1. The summed E-state index contributed by atoms with van der Waals surface area (Å²) in [6.45, 7) is 28.1. The number of thioether (sulfide) groups is 1. The van der Waals surface area contributed by atoms with Crippen LogP contribution in [0.4, 0.5) is 0 Å². The summed E-state index contributed by atoms with van der Waals surface area (Å²) < 4.78 is -0.704. The zero-order chi connectivity index (χ0) is 44.3. The largest absolute Gasteiger partial charge is 0.507 e. The zero-order valence-corrected chi connectivity index (χ0v) is 44.5. The van der Waals surface area contributed by atoms with Crippen LogP contribution in [0.25, 0.3) is 44.0 Å². The first-order chi connectivity index (χ1) is 29.2. The predicted octanol–water partition coefficient (Wildman–Crippen LogP) is 16.2. The summed E-state index contributed by atoms with van der Waals surface area (Å²) in [4.78, 5) is 9.78. The van der Waals surface area contributed by atoms with E-state index in [9.17, 15) is 10.2 Å². The summed E-state index contributed by atoms with van der Waals surface area (Å²) in [6.07, 6.45) is 4.52. The molecule has 6 heteroatoms. The number of phenolic OH excluding ortho intramolecular Hbond substituents is 2. The Morgan fingerprint density at radius 2 is 1.17 bits per heavy atom. The number of rotatable bonds is 6. The molecule has 3 aliphatic rings. The van der Waals surface area contributed by atoms with Crippen molar-refractivity contribution in [3.05, 3.63) is 146 Å². The van der Waals surface area contributed by atoms with Gasteiger partial charge in [-0.2, -0.15) is 0 Å². The van der Waals surface area contributed by atoms with Crippen molar-refractivity contribution >= 4 is 23.1 Å². The van der Waals surface area contributed by atoms with Crippen molar-refractivity contribution in [3.63, 3.8) is 0 Å². The molecular formula is C57H63HfNO2S2. The second-order valence-corrected chi connectivity index (χ2v) is 23.6. The maximum atomic E-state index is 12.7. The van der Waals surface area contributed by atoms with Crippen LogP contribution in [-0.4, -0.2) is 15.2 Å². The Kier molecular flexibility index (Phi) is 11.7. The van der Waals surface area contributed by atoms with Gasteiger partial charge in [-0.05, 0) is 142 Å². The number of nitrogens with zero attached hydrogens (tertiary/aromatic N) is 1. The second kappa shape index (κ2) is 16.0. The van der Waals surface area contributed by atoms with Gasteiger partial charge in [-0.25, -0.2) is 0 Å². The maximum absolute atomic E-state index is 12.7. The number of thiophene rings is 1. The van der Waals surface area contributed by atoms with E-state index in [1.54, 1.807) is 0 Å². The number of hydrogen-bond donors (Lipinski definition) is 2. The van der Waals surface area contributed by atoms with Gasteiger partial charge in [-0.3, -0.25) is 4.98 Å². The quantitative estimate of drug-likeness (QED) is 0.163. The molecule has 9 rings (SSSR count). The molecule has 63 heavy (non-hydrogen) atoms. The van der Waals surface area contributed by atoms with Crippen LogP contribution in [0, 0.1) is 37.5 Å². The molecule has 2 aliphatic carbocycles. The Hall–Kier alpha value is -3.71. The third-order valence-electron chi connectivity index (χ3n) is 14.9. The van der Waals surface area contributed by atoms with Gasteiger partial charge in [0.25, 0.3) is 0 Å². The van der Waals surface area contributed by atoms with E-state index in [2.05, 4.69) is 162 Å². The van der Waals surface area contributed by atoms with Gasteiger partial charge >= 0.3 is 0 Å². The zero-order valence-electron chi connectivity index (χ0n) is 39.3. The van der Waals surface area contributed by atoms with Gasteiger partial charge in [0.2, 0.25) is 0 Å². The molecule has 0 saturated carbocycles. The standard InChI is InChI=1S/C57H63NO2S2.Hf/c1-33-30-41(48(59)42(31-33)50-35(3)46-51(61-50)55(9,10)27-25-53(46,5)6)38-21-16-17-22-39(38)44-23-18-24-45(58-44)57(36(4)47-52(62-57)56(11,12)28-26-54(47,7)8)43-32-34(2)29-40(49(43)60)37-19-14-13-15-20-37;/h13-24,29-32,36,59-60H,25-28H2,1-12H3;. The molecule has 2 atom stereocenters. The van der Waals surface area contributed by atoms with Crippen molar-refractivity contribution < 1.29 is 36.1 Å². The number of fused-ring (bicyclic) bond motifs is 1. The van der Waals surface area contributed by atoms with Crippen molar-refractivity contribution in [2.45, 2.75) is 124 Å². The molecule has 4 aromatic carbocycles. The minimum Gasteiger partial charge on any atom is -0.507 e. The van der Waals surface area contributed by atoms with Crippen LogP contribution >= 0.6 is 23.1 Å². The molecule has 0 amide bonds. The Balaban J connectivity index is 0.00000544. The van der Waals surface area contributed by atoms with E-state index in [-0.39, 0.29) is 53.4 Å². The molecule has 2 aromatic heterocycles. The number of hydrogen-bond acceptors (Lipinski definition) is 5. The summed E-state index contributed by atoms with van der Waals surface area (Å²) >= 11 is 3.81. The van der Waals surface area contributed by atoms with Gasteiger partial charge in [0, 0.05) is 69.3 Å². The van der Waals surface area contributed by atoms with Gasteiger partial charge in [0.1, 0.15) is 11.5 Å². The molecular weight excluding hydrogens is 973 g/mol. The number of pyridine rings is 1. The average Bonchev–Trinajstić information content (AvgIpc) is 3.78. The van der Waals surface area contributed by atoms with Crippen LogP contribution in [0.15, 0.2) is 108 Å². The molecule has 3 nitrogen and oxygen atoms in total. The number of allylic oxidation sites excluding steroid dienone is 2. The van der Waals surface area contributed by atoms with Gasteiger partial charge in [0.15, 0.2) is 0 Å². The molecule has 0 fully saturated rings. The van der Waals surface area contributed by atoms with Crippen LogP contribution in [0.2, 0.25) is 0 Å². The summed E-state index contributed by atoms with van der Waals surface area (Å²) in [5.41, 5.74) is 14.8. The first-order valence-electron chi connectivity index (χ1n) is 22.6. The van der Waals surface area contributed by atoms with Crippen molar-refractivity contribution in [1.29, 1.82) is 0 Å². The third kappa shape index (κ3) is 7.37. The van der Waals surface area contributed by atoms with Gasteiger partial charge in [-0.15, -0.1) is 23.1 Å².